The number of rotatable bonds is 3. The van der Waals surface area contributed by atoms with Crippen LogP contribution in [0.15, 0.2) is 65.8 Å². The van der Waals surface area contributed by atoms with Crippen molar-refractivity contribution in [2.75, 3.05) is 0 Å². The number of hydrogen-bond acceptors (Lipinski definition) is 3. The third-order valence-corrected chi connectivity index (χ3v) is 5.43. The summed E-state index contributed by atoms with van der Waals surface area (Å²) in [5.74, 6) is 12.1. The first kappa shape index (κ1) is 17.4. The zero-order valence-electron chi connectivity index (χ0n) is 15.5. The first-order valence-electron chi connectivity index (χ1n) is 9.38. The minimum atomic E-state index is 0.465. The molecule has 1 aromatic heterocycles. The van der Waals surface area contributed by atoms with E-state index >= 15 is 0 Å². The van der Waals surface area contributed by atoms with Crippen LogP contribution >= 0.6 is 0 Å². The van der Waals surface area contributed by atoms with Gasteiger partial charge >= 0.3 is 0 Å². The maximum Gasteiger partial charge on any atom is 0.166 e. The van der Waals surface area contributed by atoms with Crippen molar-refractivity contribution in [3.8, 4) is 16.9 Å². The lowest BCUT2D eigenvalue weighted by Gasteiger charge is -2.22. The number of nitrogens with one attached hydrogen (secondary N) is 1. The van der Waals surface area contributed by atoms with Gasteiger partial charge in [0.1, 0.15) is 0 Å². The second kappa shape index (κ2) is 7.29. The van der Waals surface area contributed by atoms with E-state index in [1.807, 2.05) is 12.1 Å². The van der Waals surface area contributed by atoms with E-state index in [9.17, 15) is 0 Å². The molecular weight excluding hydrogens is 334 g/mol. The largest absolute Gasteiger partial charge is 0.321 e. The Morgan fingerprint density at radius 1 is 1.11 bits per heavy atom. The Morgan fingerprint density at radius 3 is 2.67 bits per heavy atom. The monoisotopic (exact) mass is 359 g/mol. The SMILES string of the molecule is CC1CCCc2c1cc(-c1ccccc1)n2-c1cccc(/C(=N/N)NN)c1. The molecule has 1 aliphatic carbocycles. The van der Waals surface area contributed by atoms with E-state index in [1.165, 1.54) is 35.4 Å². The van der Waals surface area contributed by atoms with E-state index in [0.29, 0.717) is 11.8 Å². The molecule has 0 spiro atoms. The van der Waals surface area contributed by atoms with E-state index < -0.39 is 0 Å². The van der Waals surface area contributed by atoms with Gasteiger partial charge in [0.25, 0.3) is 0 Å². The molecule has 2 aromatic carbocycles. The quantitative estimate of drug-likeness (QED) is 0.289. The van der Waals surface area contributed by atoms with Crippen molar-refractivity contribution < 1.29 is 0 Å². The maximum atomic E-state index is 5.57. The Morgan fingerprint density at radius 2 is 1.93 bits per heavy atom. The van der Waals surface area contributed by atoms with Crippen LogP contribution in [0, 0.1) is 0 Å². The van der Waals surface area contributed by atoms with E-state index in [-0.39, 0.29) is 0 Å². The van der Waals surface area contributed by atoms with Crippen molar-refractivity contribution in [2.24, 2.45) is 16.8 Å². The van der Waals surface area contributed by atoms with Gasteiger partial charge < -0.3 is 15.8 Å². The molecule has 1 aliphatic rings. The molecule has 5 N–H and O–H groups in total. The zero-order chi connectivity index (χ0) is 18.8. The topological polar surface area (TPSA) is 81.4 Å². The first-order chi connectivity index (χ1) is 13.2. The molecule has 1 atom stereocenters. The summed E-state index contributed by atoms with van der Waals surface area (Å²) in [5, 5.41) is 3.75. The molecule has 5 nitrogen and oxygen atoms in total. The molecule has 27 heavy (non-hydrogen) atoms. The standard InChI is InChI=1S/C22H25N5/c1-15-7-5-12-20-19(15)14-21(16-8-3-2-4-9-16)27(20)18-11-6-10-17(13-18)22(25-23)26-24/h2-4,6,8-11,13-15H,5,7,12,23-24H2,1H3,(H,25,26). The fraction of sp³-hybridized carbons (Fsp3) is 0.227. The van der Waals surface area contributed by atoms with Gasteiger partial charge in [-0.15, -0.1) is 0 Å². The molecule has 1 heterocycles. The molecule has 0 bridgehead atoms. The lowest BCUT2D eigenvalue weighted by molar-refractivity contribution is 0.578. The Kier molecular flexibility index (Phi) is 4.69. The summed E-state index contributed by atoms with van der Waals surface area (Å²) in [6.45, 7) is 2.32. The fourth-order valence-electron chi connectivity index (χ4n) is 4.09. The number of hydrogen-bond donors (Lipinski definition) is 3. The van der Waals surface area contributed by atoms with E-state index in [0.717, 1.165) is 17.7 Å². The summed E-state index contributed by atoms with van der Waals surface area (Å²) in [5.41, 5.74) is 9.82. The van der Waals surface area contributed by atoms with Crippen LogP contribution < -0.4 is 17.1 Å². The van der Waals surface area contributed by atoms with Gasteiger partial charge in [0.2, 0.25) is 0 Å². The van der Waals surface area contributed by atoms with Crippen LogP contribution in [0.1, 0.15) is 42.5 Å². The van der Waals surface area contributed by atoms with Gasteiger partial charge in [-0.3, -0.25) is 0 Å². The Bertz CT molecular complexity index is 972. The van der Waals surface area contributed by atoms with Gasteiger partial charge in [0.15, 0.2) is 5.84 Å². The second-order valence-corrected chi connectivity index (χ2v) is 7.10. The van der Waals surface area contributed by atoms with Gasteiger partial charge in [0.05, 0.1) is 5.69 Å². The molecule has 0 aliphatic heterocycles. The summed E-state index contributed by atoms with van der Waals surface area (Å²) in [6, 6.07) is 21.1. The third kappa shape index (κ3) is 3.11. The molecule has 0 amide bonds. The molecule has 1 unspecified atom stereocenters. The van der Waals surface area contributed by atoms with Gasteiger partial charge in [-0.2, -0.15) is 5.10 Å². The number of fused-ring (bicyclic) bond motifs is 1. The Hall–Kier alpha value is -3.05. The third-order valence-electron chi connectivity index (χ3n) is 5.43. The number of nitrogens with two attached hydrogens (primary N) is 2. The molecule has 0 saturated heterocycles. The average Bonchev–Trinajstić information content (AvgIpc) is 3.11. The van der Waals surface area contributed by atoms with Gasteiger partial charge in [-0.1, -0.05) is 49.4 Å². The summed E-state index contributed by atoms with van der Waals surface area (Å²) in [4.78, 5) is 0. The van der Waals surface area contributed by atoms with Crippen molar-refractivity contribution in [1.82, 2.24) is 9.99 Å². The van der Waals surface area contributed by atoms with Crippen molar-refractivity contribution in [3.05, 3.63) is 77.5 Å². The predicted molar refractivity (Wildman–Crippen MR) is 111 cm³/mol. The number of hydrazone groups is 1. The highest BCUT2D eigenvalue weighted by atomic mass is 15.3. The number of hydrazine groups is 1. The van der Waals surface area contributed by atoms with E-state index in [1.54, 1.807) is 0 Å². The highest BCUT2D eigenvalue weighted by molar-refractivity contribution is 5.98. The summed E-state index contributed by atoms with van der Waals surface area (Å²) >= 11 is 0. The van der Waals surface area contributed by atoms with Gasteiger partial charge in [-0.05, 0) is 54.5 Å². The zero-order valence-corrected chi connectivity index (χ0v) is 15.5. The van der Waals surface area contributed by atoms with E-state index in [2.05, 4.69) is 70.5 Å². The maximum absolute atomic E-state index is 5.57. The first-order valence-corrected chi connectivity index (χ1v) is 9.38. The minimum Gasteiger partial charge on any atom is -0.321 e. The number of amidine groups is 1. The van der Waals surface area contributed by atoms with Gasteiger partial charge in [-0.25, -0.2) is 5.84 Å². The van der Waals surface area contributed by atoms with Crippen molar-refractivity contribution >= 4 is 5.84 Å². The number of benzene rings is 2. The lowest BCUT2D eigenvalue weighted by atomic mass is 9.88. The van der Waals surface area contributed by atoms with Crippen LogP contribution in [0.2, 0.25) is 0 Å². The smallest absolute Gasteiger partial charge is 0.166 e. The minimum absolute atomic E-state index is 0.465. The fourth-order valence-corrected chi connectivity index (χ4v) is 4.09. The van der Waals surface area contributed by atoms with Crippen LogP contribution in [0.3, 0.4) is 0 Å². The summed E-state index contributed by atoms with van der Waals surface area (Å²) in [7, 11) is 0. The molecule has 3 aromatic rings. The highest BCUT2D eigenvalue weighted by Gasteiger charge is 2.24. The van der Waals surface area contributed by atoms with Crippen molar-refractivity contribution in [3.63, 3.8) is 0 Å². The van der Waals surface area contributed by atoms with Crippen LogP contribution in [-0.2, 0) is 6.42 Å². The molecular formula is C22H25N5. The molecule has 5 heteroatoms. The highest BCUT2D eigenvalue weighted by Crippen LogP contribution is 2.38. The predicted octanol–water partition coefficient (Wildman–Crippen LogP) is 3.67. The van der Waals surface area contributed by atoms with Gasteiger partial charge in [0, 0.05) is 16.9 Å². The molecule has 0 radical (unpaired) electrons. The van der Waals surface area contributed by atoms with Crippen LogP contribution in [-0.4, -0.2) is 10.4 Å². The average molecular weight is 359 g/mol. The molecule has 138 valence electrons. The van der Waals surface area contributed by atoms with Crippen molar-refractivity contribution in [1.29, 1.82) is 0 Å². The summed E-state index contributed by atoms with van der Waals surface area (Å²) in [6.07, 6.45) is 3.54. The molecule has 0 saturated carbocycles. The van der Waals surface area contributed by atoms with Crippen molar-refractivity contribution in [2.45, 2.75) is 32.1 Å². The Labute approximate surface area is 159 Å². The molecule has 4 rings (SSSR count). The number of aromatic nitrogens is 1. The van der Waals surface area contributed by atoms with E-state index in [4.69, 9.17) is 11.7 Å². The van der Waals surface area contributed by atoms with Crippen LogP contribution in [0.25, 0.3) is 16.9 Å². The molecule has 0 fully saturated rings. The summed E-state index contributed by atoms with van der Waals surface area (Å²) < 4.78 is 2.38. The van der Waals surface area contributed by atoms with Crippen LogP contribution in [0.4, 0.5) is 0 Å². The normalized spacial score (nSPS) is 16.8. The lowest BCUT2D eigenvalue weighted by Crippen LogP contribution is -2.32. The Balaban J connectivity index is 1.94. The second-order valence-electron chi connectivity index (χ2n) is 7.10. The number of nitrogens with zero attached hydrogens (tertiary/aromatic N) is 2. The van der Waals surface area contributed by atoms with Crippen LogP contribution in [0.5, 0.6) is 0 Å².